The third-order valence-corrected chi connectivity index (χ3v) is 5.16. The van der Waals surface area contributed by atoms with Crippen molar-refractivity contribution >= 4 is 23.5 Å². The fourth-order valence-corrected chi connectivity index (χ4v) is 3.27. The summed E-state index contributed by atoms with van der Waals surface area (Å²) in [5.74, 6) is -0.787. The number of ether oxygens (including phenoxy) is 3. The molecule has 0 bridgehead atoms. The van der Waals surface area contributed by atoms with Crippen LogP contribution < -0.4 is 15.8 Å². The summed E-state index contributed by atoms with van der Waals surface area (Å²) in [6, 6.07) is 11.8. The lowest BCUT2D eigenvalue weighted by Crippen LogP contribution is -2.38. The molecule has 3 rings (SSSR count). The zero-order chi connectivity index (χ0) is 23.8. The van der Waals surface area contributed by atoms with E-state index in [0.29, 0.717) is 48.5 Å². The summed E-state index contributed by atoms with van der Waals surface area (Å²) in [6.07, 6.45) is 1.22. The number of amidine groups is 1. The number of carbonyl (C=O) groups is 3. The summed E-state index contributed by atoms with van der Waals surface area (Å²) in [5, 5.41) is 10.1. The summed E-state index contributed by atoms with van der Waals surface area (Å²) in [5.41, 5.74) is 6.67. The van der Waals surface area contributed by atoms with E-state index < -0.39 is 17.9 Å². The van der Waals surface area contributed by atoms with Crippen molar-refractivity contribution in [1.29, 1.82) is 5.41 Å². The standard InChI is InChI=1S/C24H27N3O6/c1-15(27-24(30)18-4-2-17(3-5-18)23(25)26)22(29)16-6-8-19(9-7-16)32-14-21(28)33-20-10-12-31-13-11-20/h2-9,15,20H,10-14H2,1H3,(H3,25,26)(H,27,30)/t15-/m0/s1. The highest BCUT2D eigenvalue weighted by Crippen LogP contribution is 2.15. The second kappa shape index (κ2) is 11.2. The van der Waals surface area contributed by atoms with Crippen LogP contribution in [0.15, 0.2) is 48.5 Å². The van der Waals surface area contributed by atoms with Crippen molar-refractivity contribution in [3.8, 4) is 5.75 Å². The predicted molar refractivity (Wildman–Crippen MR) is 121 cm³/mol. The number of nitrogens with one attached hydrogen (secondary N) is 2. The van der Waals surface area contributed by atoms with Crippen LogP contribution >= 0.6 is 0 Å². The average molecular weight is 453 g/mol. The van der Waals surface area contributed by atoms with Crippen molar-refractivity contribution in [3.63, 3.8) is 0 Å². The molecule has 174 valence electrons. The van der Waals surface area contributed by atoms with Crippen LogP contribution in [0.3, 0.4) is 0 Å². The van der Waals surface area contributed by atoms with Crippen molar-refractivity contribution in [1.82, 2.24) is 5.32 Å². The molecule has 1 fully saturated rings. The molecule has 0 saturated carbocycles. The highest BCUT2D eigenvalue weighted by Gasteiger charge is 2.20. The lowest BCUT2D eigenvalue weighted by molar-refractivity contribution is -0.155. The topological polar surface area (TPSA) is 141 Å². The number of hydrogen-bond acceptors (Lipinski definition) is 7. The Labute approximate surface area is 191 Å². The van der Waals surface area contributed by atoms with Crippen LogP contribution in [0, 0.1) is 5.41 Å². The first-order chi connectivity index (χ1) is 15.8. The van der Waals surface area contributed by atoms with E-state index in [9.17, 15) is 14.4 Å². The quantitative estimate of drug-likeness (QED) is 0.228. The first-order valence-corrected chi connectivity index (χ1v) is 10.6. The van der Waals surface area contributed by atoms with Gasteiger partial charge in [0.05, 0.1) is 19.3 Å². The lowest BCUT2D eigenvalue weighted by Gasteiger charge is -2.22. The third kappa shape index (κ3) is 6.88. The molecule has 1 heterocycles. The third-order valence-electron chi connectivity index (χ3n) is 5.16. The molecule has 1 aliphatic rings. The maximum absolute atomic E-state index is 12.7. The van der Waals surface area contributed by atoms with Gasteiger partial charge in [-0.2, -0.15) is 0 Å². The number of esters is 1. The van der Waals surface area contributed by atoms with Gasteiger partial charge in [-0.1, -0.05) is 12.1 Å². The summed E-state index contributed by atoms with van der Waals surface area (Å²) in [7, 11) is 0. The van der Waals surface area contributed by atoms with Gasteiger partial charge in [0.25, 0.3) is 5.91 Å². The van der Waals surface area contributed by atoms with E-state index in [1.807, 2.05) is 0 Å². The van der Waals surface area contributed by atoms with Gasteiger partial charge in [-0.05, 0) is 43.3 Å². The van der Waals surface area contributed by atoms with Gasteiger partial charge >= 0.3 is 5.97 Å². The number of benzene rings is 2. The Bertz CT molecular complexity index is 998. The molecule has 4 N–H and O–H groups in total. The molecule has 1 amide bonds. The smallest absolute Gasteiger partial charge is 0.344 e. The van der Waals surface area contributed by atoms with E-state index in [-0.39, 0.29) is 24.3 Å². The van der Waals surface area contributed by atoms with Gasteiger partial charge in [0, 0.05) is 29.5 Å². The number of rotatable bonds is 9. The number of nitrogens with two attached hydrogens (primary N) is 1. The minimum absolute atomic E-state index is 0.0888. The maximum Gasteiger partial charge on any atom is 0.344 e. The molecule has 1 atom stereocenters. The van der Waals surface area contributed by atoms with Crippen molar-refractivity contribution in [2.75, 3.05) is 19.8 Å². The first kappa shape index (κ1) is 23.9. The van der Waals surface area contributed by atoms with Gasteiger partial charge in [-0.15, -0.1) is 0 Å². The van der Waals surface area contributed by atoms with E-state index in [2.05, 4.69) is 5.32 Å². The van der Waals surface area contributed by atoms with Gasteiger partial charge < -0.3 is 25.3 Å². The molecule has 2 aromatic rings. The molecule has 33 heavy (non-hydrogen) atoms. The molecule has 1 saturated heterocycles. The van der Waals surface area contributed by atoms with Crippen LogP contribution in [0.25, 0.3) is 0 Å². The molecular weight excluding hydrogens is 426 g/mol. The average Bonchev–Trinajstić information content (AvgIpc) is 2.83. The van der Waals surface area contributed by atoms with Crippen LogP contribution in [0.1, 0.15) is 46.0 Å². The molecule has 0 spiro atoms. The van der Waals surface area contributed by atoms with Crippen molar-refractivity contribution < 1.29 is 28.6 Å². The van der Waals surface area contributed by atoms with Gasteiger partial charge in [-0.3, -0.25) is 15.0 Å². The Morgan fingerprint density at radius 1 is 1.03 bits per heavy atom. The molecule has 1 aliphatic heterocycles. The molecule has 0 aliphatic carbocycles. The molecule has 9 nitrogen and oxygen atoms in total. The van der Waals surface area contributed by atoms with Gasteiger partial charge in [0.1, 0.15) is 17.7 Å². The zero-order valence-corrected chi connectivity index (χ0v) is 18.3. The van der Waals surface area contributed by atoms with Gasteiger partial charge in [-0.25, -0.2) is 4.79 Å². The number of carbonyl (C=O) groups excluding carboxylic acids is 3. The van der Waals surface area contributed by atoms with Crippen molar-refractivity contribution in [3.05, 3.63) is 65.2 Å². The molecule has 9 heteroatoms. The van der Waals surface area contributed by atoms with E-state index in [0.717, 1.165) is 0 Å². The van der Waals surface area contributed by atoms with Crippen LogP contribution in [0.2, 0.25) is 0 Å². The van der Waals surface area contributed by atoms with Gasteiger partial charge in [0.15, 0.2) is 12.4 Å². The van der Waals surface area contributed by atoms with Crippen molar-refractivity contribution in [2.45, 2.75) is 31.9 Å². The zero-order valence-electron chi connectivity index (χ0n) is 18.3. The van der Waals surface area contributed by atoms with E-state index >= 15 is 0 Å². The summed E-state index contributed by atoms with van der Waals surface area (Å²) in [6.45, 7) is 2.54. The second-order valence-electron chi connectivity index (χ2n) is 7.67. The van der Waals surface area contributed by atoms with Crippen LogP contribution in [0.4, 0.5) is 0 Å². The fraction of sp³-hybridized carbons (Fsp3) is 0.333. The van der Waals surface area contributed by atoms with Crippen LogP contribution in [-0.2, 0) is 14.3 Å². The van der Waals surface area contributed by atoms with Gasteiger partial charge in [0.2, 0.25) is 0 Å². The van der Waals surface area contributed by atoms with Crippen LogP contribution in [0.5, 0.6) is 5.75 Å². The highest BCUT2D eigenvalue weighted by atomic mass is 16.6. The monoisotopic (exact) mass is 453 g/mol. The Morgan fingerprint density at radius 2 is 1.61 bits per heavy atom. The molecular formula is C24H27N3O6. The number of ketones is 1. The van der Waals surface area contributed by atoms with E-state index in [1.165, 1.54) is 0 Å². The van der Waals surface area contributed by atoms with Crippen LogP contribution in [-0.4, -0.2) is 55.5 Å². The minimum Gasteiger partial charge on any atom is -0.482 e. The summed E-state index contributed by atoms with van der Waals surface area (Å²) in [4.78, 5) is 37.0. The highest BCUT2D eigenvalue weighted by molar-refractivity contribution is 6.04. The van der Waals surface area contributed by atoms with Crippen molar-refractivity contribution in [2.24, 2.45) is 5.73 Å². The molecule has 2 aromatic carbocycles. The lowest BCUT2D eigenvalue weighted by atomic mass is 10.0. The first-order valence-electron chi connectivity index (χ1n) is 10.6. The Hall–Kier alpha value is -3.72. The Kier molecular flexibility index (Phi) is 8.15. The largest absolute Gasteiger partial charge is 0.482 e. The number of nitrogen functional groups attached to an aromatic ring is 1. The molecule has 0 radical (unpaired) electrons. The Morgan fingerprint density at radius 3 is 2.21 bits per heavy atom. The summed E-state index contributed by atoms with van der Waals surface area (Å²) >= 11 is 0. The minimum atomic E-state index is -0.758. The van der Waals surface area contributed by atoms with E-state index in [1.54, 1.807) is 55.5 Å². The molecule has 0 unspecified atom stereocenters. The Balaban J connectivity index is 1.48. The number of Topliss-reactive ketones (excluding diaryl/α,β-unsaturated/α-hetero) is 1. The van der Waals surface area contributed by atoms with E-state index in [4.69, 9.17) is 25.4 Å². The number of hydrogen-bond donors (Lipinski definition) is 3. The number of amides is 1. The SMILES string of the molecule is C[C@H](NC(=O)c1ccc(C(=N)N)cc1)C(=O)c1ccc(OCC(=O)OC2CCOCC2)cc1. The fourth-order valence-electron chi connectivity index (χ4n) is 3.27. The predicted octanol–water partition coefficient (Wildman–Crippen LogP) is 2.07. The second-order valence-corrected chi connectivity index (χ2v) is 7.67. The summed E-state index contributed by atoms with van der Waals surface area (Å²) < 4.78 is 16.0. The molecule has 0 aromatic heterocycles. The normalized spacial score (nSPS) is 14.7. The maximum atomic E-state index is 12.7.